The van der Waals surface area contributed by atoms with Gasteiger partial charge in [0.1, 0.15) is 0 Å². The maximum Gasteiger partial charge on any atom is 0.408 e. The molecule has 4 rings (SSSR count). The SMILES string of the molecule is CC(C)N(C(C)C)P(=O)(OCCC#N)OC1C[C@H]2CC[C@@H](C1)N2c1ccc(C#N)c2ccccc12. The average molecular weight is 495 g/mol. The van der Waals surface area contributed by atoms with Gasteiger partial charge in [-0.25, -0.2) is 9.24 Å². The van der Waals surface area contributed by atoms with Crippen LogP contribution in [0.3, 0.4) is 0 Å². The third-order valence-corrected chi connectivity index (χ3v) is 9.64. The van der Waals surface area contributed by atoms with Crippen LogP contribution in [-0.2, 0) is 13.6 Å². The Balaban J connectivity index is 1.59. The molecule has 0 saturated carbocycles. The number of hydrogen-bond acceptors (Lipinski definition) is 6. The normalized spacial score (nSPS) is 23.6. The lowest BCUT2D eigenvalue weighted by atomic mass is 9.96. The van der Waals surface area contributed by atoms with Crippen LogP contribution in [0.2, 0.25) is 0 Å². The summed E-state index contributed by atoms with van der Waals surface area (Å²) in [5.41, 5.74) is 1.85. The lowest BCUT2D eigenvalue weighted by Gasteiger charge is -2.43. The molecule has 2 aliphatic heterocycles. The molecule has 7 nitrogen and oxygen atoms in total. The van der Waals surface area contributed by atoms with Gasteiger partial charge in [-0.2, -0.15) is 10.5 Å². The molecule has 2 saturated heterocycles. The Bertz CT molecular complexity index is 1160. The van der Waals surface area contributed by atoms with E-state index in [1.165, 1.54) is 0 Å². The third kappa shape index (κ3) is 5.11. The van der Waals surface area contributed by atoms with Crippen LogP contribution < -0.4 is 4.90 Å². The van der Waals surface area contributed by atoms with Crippen molar-refractivity contribution in [2.45, 2.75) is 90.1 Å². The number of anilines is 1. The van der Waals surface area contributed by atoms with Gasteiger partial charge in [-0.15, -0.1) is 0 Å². The second-order valence-electron chi connectivity index (χ2n) is 10.1. The van der Waals surface area contributed by atoms with Crippen LogP contribution in [0.25, 0.3) is 10.8 Å². The van der Waals surface area contributed by atoms with Gasteiger partial charge in [0.15, 0.2) is 0 Å². The van der Waals surface area contributed by atoms with Gasteiger partial charge in [0, 0.05) is 40.6 Å². The lowest BCUT2D eigenvalue weighted by molar-refractivity contribution is 0.0753. The fraction of sp³-hybridized carbons (Fsp3) is 0.556. The van der Waals surface area contributed by atoms with Crippen LogP contribution in [0, 0.1) is 22.7 Å². The predicted molar refractivity (Wildman–Crippen MR) is 138 cm³/mol. The number of hydrogen-bond donors (Lipinski definition) is 0. The minimum absolute atomic E-state index is 0.0234. The fourth-order valence-electron chi connectivity index (χ4n) is 5.92. The van der Waals surface area contributed by atoms with Crippen molar-refractivity contribution in [2.24, 2.45) is 0 Å². The zero-order valence-electron chi connectivity index (χ0n) is 21.1. The molecule has 4 atom stereocenters. The van der Waals surface area contributed by atoms with E-state index in [1.807, 2.05) is 56.6 Å². The number of nitrogens with zero attached hydrogens (tertiary/aromatic N) is 4. The Labute approximate surface area is 208 Å². The van der Waals surface area contributed by atoms with E-state index < -0.39 is 7.75 Å². The van der Waals surface area contributed by atoms with Crippen LogP contribution in [0.15, 0.2) is 36.4 Å². The second-order valence-corrected chi connectivity index (χ2v) is 11.9. The van der Waals surface area contributed by atoms with Crippen LogP contribution >= 0.6 is 7.75 Å². The van der Waals surface area contributed by atoms with Crippen molar-refractivity contribution in [1.29, 1.82) is 10.5 Å². The first-order valence-corrected chi connectivity index (χ1v) is 14.1. The number of nitriles is 2. The highest BCUT2D eigenvalue weighted by molar-refractivity contribution is 7.51. The van der Waals surface area contributed by atoms with Gasteiger partial charge in [-0.3, -0.25) is 9.05 Å². The van der Waals surface area contributed by atoms with Crippen molar-refractivity contribution in [3.05, 3.63) is 42.0 Å². The molecular formula is C27H35N4O3P. The Morgan fingerprint density at radius 2 is 1.66 bits per heavy atom. The smallest absolute Gasteiger partial charge is 0.365 e. The molecule has 2 aromatic carbocycles. The summed E-state index contributed by atoms with van der Waals surface area (Å²) in [6.07, 6.45) is 3.63. The Morgan fingerprint density at radius 1 is 1.03 bits per heavy atom. The van der Waals surface area contributed by atoms with Crippen LogP contribution in [0.4, 0.5) is 5.69 Å². The molecule has 0 radical (unpaired) electrons. The molecule has 2 fully saturated rings. The topological polar surface area (TPSA) is 89.6 Å². The zero-order valence-corrected chi connectivity index (χ0v) is 21.9. The molecule has 2 aliphatic rings. The molecule has 0 N–H and O–H groups in total. The largest absolute Gasteiger partial charge is 0.408 e. The van der Waals surface area contributed by atoms with Gasteiger partial charge in [-0.1, -0.05) is 24.3 Å². The molecule has 0 spiro atoms. The van der Waals surface area contributed by atoms with E-state index in [9.17, 15) is 9.83 Å². The summed E-state index contributed by atoms with van der Waals surface area (Å²) in [4.78, 5) is 2.49. The van der Waals surface area contributed by atoms with Crippen LogP contribution in [-0.4, -0.2) is 41.5 Å². The Kier molecular flexibility index (Phi) is 7.84. The molecule has 8 heteroatoms. The summed E-state index contributed by atoms with van der Waals surface area (Å²) >= 11 is 0. The summed E-state index contributed by atoms with van der Waals surface area (Å²) in [5.74, 6) is 0. The first-order valence-electron chi connectivity index (χ1n) is 12.6. The Morgan fingerprint density at radius 3 is 2.23 bits per heavy atom. The van der Waals surface area contributed by atoms with Crippen molar-refractivity contribution in [3.8, 4) is 12.1 Å². The van der Waals surface area contributed by atoms with Crippen molar-refractivity contribution in [1.82, 2.24) is 4.67 Å². The number of piperidine rings is 1. The maximum absolute atomic E-state index is 14.1. The maximum atomic E-state index is 14.1. The molecule has 35 heavy (non-hydrogen) atoms. The highest BCUT2D eigenvalue weighted by Gasteiger charge is 2.46. The predicted octanol–water partition coefficient (Wildman–Crippen LogP) is 6.39. The molecule has 2 bridgehead atoms. The highest BCUT2D eigenvalue weighted by Crippen LogP contribution is 2.57. The van der Waals surface area contributed by atoms with Crippen molar-refractivity contribution in [2.75, 3.05) is 11.5 Å². The molecule has 2 heterocycles. The van der Waals surface area contributed by atoms with Gasteiger partial charge >= 0.3 is 7.75 Å². The summed E-state index contributed by atoms with van der Waals surface area (Å²) in [6, 6.07) is 17.0. The van der Waals surface area contributed by atoms with Crippen molar-refractivity contribution in [3.63, 3.8) is 0 Å². The zero-order chi connectivity index (χ0) is 25.2. The summed E-state index contributed by atoms with van der Waals surface area (Å²) < 4.78 is 28.1. The van der Waals surface area contributed by atoms with E-state index in [1.54, 1.807) is 0 Å². The second kappa shape index (κ2) is 10.7. The molecule has 0 aliphatic carbocycles. The third-order valence-electron chi connectivity index (χ3n) is 7.08. The minimum Gasteiger partial charge on any atom is -0.365 e. The molecule has 0 amide bonds. The van der Waals surface area contributed by atoms with Gasteiger partial charge in [-0.05, 0) is 65.5 Å². The molecule has 0 aromatic heterocycles. The van der Waals surface area contributed by atoms with E-state index in [4.69, 9.17) is 14.3 Å². The monoisotopic (exact) mass is 494 g/mol. The number of rotatable bonds is 9. The average Bonchev–Trinajstić information content (AvgIpc) is 3.07. The first-order chi connectivity index (χ1) is 16.8. The molecular weight excluding hydrogens is 459 g/mol. The van der Waals surface area contributed by atoms with E-state index in [0.29, 0.717) is 5.56 Å². The van der Waals surface area contributed by atoms with Crippen molar-refractivity contribution >= 4 is 24.2 Å². The summed E-state index contributed by atoms with van der Waals surface area (Å²) in [6.45, 7) is 8.06. The van der Waals surface area contributed by atoms with Gasteiger partial charge in [0.25, 0.3) is 0 Å². The highest BCUT2D eigenvalue weighted by atomic mass is 31.2. The summed E-state index contributed by atoms with van der Waals surface area (Å²) in [7, 11) is -3.58. The van der Waals surface area contributed by atoms with Gasteiger partial charge < -0.3 is 4.90 Å². The van der Waals surface area contributed by atoms with E-state index in [-0.39, 0.29) is 43.3 Å². The fourth-order valence-corrected chi connectivity index (χ4v) is 8.23. The molecule has 2 aromatic rings. The van der Waals surface area contributed by atoms with Crippen LogP contribution in [0.1, 0.15) is 65.4 Å². The van der Waals surface area contributed by atoms with Crippen molar-refractivity contribution < 1.29 is 13.6 Å². The van der Waals surface area contributed by atoms with Crippen LogP contribution in [0.5, 0.6) is 0 Å². The van der Waals surface area contributed by atoms with E-state index in [0.717, 1.165) is 42.1 Å². The number of benzene rings is 2. The quantitative estimate of drug-likeness (QED) is 0.295. The standard InChI is InChI=1S/C27H35N4O3P/c1-19(2)31(20(3)4)35(32,33-15-7-14-28)34-24-16-22-11-12-23(17-24)30(22)27-13-10-21(18-29)25-8-5-6-9-26(25)27/h5-6,8-10,13,19-20,22-24H,7,11-12,15-17H2,1-4H3/t22-,23+,24?,35?. The first kappa shape index (κ1) is 25.7. The van der Waals surface area contributed by atoms with E-state index >= 15 is 0 Å². The van der Waals surface area contributed by atoms with E-state index in [2.05, 4.69) is 29.2 Å². The molecule has 2 unspecified atom stereocenters. The van der Waals surface area contributed by atoms with Gasteiger partial charge in [0.2, 0.25) is 0 Å². The number of fused-ring (bicyclic) bond motifs is 3. The lowest BCUT2D eigenvalue weighted by Crippen LogP contribution is -2.46. The minimum atomic E-state index is -3.58. The molecule has 186 valence electrons. The Hall–Kier alpha value is -2.41. The summed E-state index contributed by atoms with van der Waals surface area (Å²) in [5, 5.41) is 20.6. The van der Waals surface area contributed by atoms with Gasteiger partial charge in [0.05, 0.1) is 36.8 Å².